The number of urea groups is 1. The molecule has 0 heterocycles. The van der Waals surface area contributed by atoms with Crippen LogP contribution in [0.2, 0.25) is 0 Å². The van der Waals surface area contributed by atoms with E-state index in [1.54, 1.807) is 60.7 Å². The van der Waals surface area contributed by atoms with Crippen molar-refractivity contribution >= 4 is 11.7 Å². The lowest BCUT2D eigenvalue weighted by molar-refractivity contribution is -0.275. The fourth-order valence-electron chi connectivity index (χ4n) is 4.49. The first-order chi connectivity index (χ1) is 19.4. The highest BCUT2D eigenvalue weighted by molar-refractivity contribution is 5.89. The number of para-hydroxylation sites is 1. The van der Waals surface area contributed by atoms with Crippen molar-refractivity contribution in [2.45, 2.75) is 24.6 Å². The molecule has 214 valence electrons. The molecule has 0 saturated carbocycles. The molecule has 2 amide bonds. The number of hydrogen-bond donors (Lipinski definition) is 2. The summed E-state index contributed by atoms with van der Waals surface area (Å²) in [4.78, 5) is 12.9. The van der Waals surface area contributed by atoms with Gasteiger partial charge in [-0.05, 0) is 59.5 Å². The summed E-state index contributed by atoms with van der Waals surface area (Å²) in [5, 5.41) is 5.42. The number of amides is 2. The van der Waals surface area contributed by atoms with Crippen LogP contribution in [-0.4, -0.2) is 25.3 Å². The number of nitrogens with one attached hydrogen (secondary N) is 2. The number of halogens is 6. The Hall–Kier alpha value is -4.67. The lowest BCUT2D eigenvalue weighted by atomic mass is 9.70. The Morgan fingerprint density at radius 1 is 0.634 bits per heavy atom. The van der Waals surface area contributed by atoms with Gasteiger partial charge in [0.15, 0.2) is 0 Å². The summed E-state index contributed by atoms with van der Waals surface area (Å²) < 4.78 is 86.9. The fourth-order valence-corrected chi connectivity index (χ4v) is 4.49. The SMILES string of the molecule is O=C(NCC(Cc1ccccc1)(c1cccc(OC(F)(F)F)c1)c1cccc(OC(F)(F)F)c1)Nc1ccccc1. The predicted molar refractivity (Wildman–Crippen MR) is 141 cm³/mol. The van der Waals surface area contributed by atoms with E-state index in [0.29, 0.717) is 11.3 Å². The number of hydrogen-bond acceptors (Lipinski definition) is 3. The van der Waals surface area contributed by atoms with Crippen molar-refractivity contribution in [2.24, 2.45) is 0 Å². The van der Waals surface area contributed by atoms with Crippen molar-refractivity contribution < 1.29 is 40.6 Å². The van der Waals surface area contributed by atoms with E-state index in [1.807, 2.05) is 0 Å². The Kier molecular flexibility index (Phi) is 8.75. The average Bonchev–Trinajstić information content (AvgIpc) is 2.91. The maximum atomic E-state index is 13.1. The van der Waals surface area contributed by atoms with Gasteiger partial charge in [-0.1, -0.05) is 72.8 Å². The third-order valence-corrected chi connectivity index (χ3v) is 6.17. The van der Waals surface area contributed by atoms with Gasteiger partial charge in [0.25, 0.3) is 0 Å². The molecular weight excluding hydrogens is 550 g/mol. The van der Waals surface area contributed by atoms with Crippen molar-refractivity contribution in [1.29, 1.82) is 0 Å². The van der Waals surface area contributed by atoms with Gasteiger partial charge in [-0.3, -0.25) is 0 Å². The minimum atomic E-state index is -4.98. The monoisotopic (exact) mass is 574 g/mol. The molecule has 0 aliphatic rings. The van der Waals surface area contributed by atoms with E-state index in [9.17, 15) is 31.1 Å². The van der Waals surface area contributed by atoms with E-state index in [4.69, 9.17) is 0 Å². The van der Waals surface area contributed by atoms with E-state index in [1.165, 1.54) is 24.3 Å². The third-order valence-electron chi connectivity index (χ3n) is 6.17. The highest BCUT2D eigenvalue weighted by Gasteiger charge is 2.38. The molecule has 0 spiro atoms. The van der Waals surface area contributed by atoms with Crippen molar-refractivity contribution in [3.05, 3.63) is 126 Å². The average molecular weight is 575 g/mol. The molecule has 4 aromatic rings. The number of rotatable bonds is 9. The Balaban J connectivity index is 1.83. The maximum Gasteiger partial charge on any atom is 0.573 e. The van der Waals surface area contributed by atoms with Gasteiger partial charge < -0.3 is 20.1 Å². The molecule has 11 heteroatoms. The van der Waals surface area contributed by atoms with Crippen LogP contribution in [0.4, 0.5) is 36.8 Å². The molecule has 0 atom stereocenters. The zero-order valence-electron chi connectivity index (χ0n) is 21.3. The number of alkyl halides is 6. The Bertz CT molecular complexity index is 1380. The van der Waals surface area contributed by atoms with Gasteiger partial charge in [-0.2, -0.15) is 0 Å². The third kappa shape index (κ3) is 8.41. The van der Waals surface area contributed by atoms with Crippen molar-refractivity contribution in [3.63, 3.8) is 0 Å². The van der Waals surface area contributed by atoms with Crippen LogP contribution < -0.4 is 20.1 Å². The zero-order valence-corrected chi connectivity index (χ0v) is 21.3. The minimum Gasteiger partial charge on any atom is -0.406 e. The molecule has 4 rings (SSSR count). The topological polar surface area (TPSA) is 59.6 Å². The van der Waals surface area contributed by atoms with Gasteiger partial charge in [0.05, 0.1) is 0 Å². The molecule has 0 aliphatic carbocycles. The summed E-state index contributed by atoms with van der Waals surface area (Å²) in [6, 6.07) is 27.0. The van der Waals surface area contributed by atoms with Crippen molar-refractivity contribution in [2.75, 3.05) is 11.9 Å². The molecule has 0 radical (unpaired) electrons. The Morgan fingerprint density at radius 3 is 1.61 bits per heavy atom. The summed E-state index contributed by atoms with van der Waals surface area (Å²) in [5.41, 5.74) is 0.340. The zero-order chi connectivity index (χ0) is 29.5. The molecule has 0 aromatic heterocycles. The van der Waals surface area contributed by atoms with Crippen LogP contribution in [0, 0.1) is 0 Å². The molecule has 0 aliphatic heterocycles. The summed E-state index contributed by atoms with van der Waals surface area (Å²) in [7, 11) is 0. The lowest BCUT2D eigenvalue weighted by Crippen LogP contribution is -2.44. The second-order valence-corrected chi connectivity index (χ2v) is 9.07. The minimum absolute atomic E-state index is 0.0877. The van der Waals surface area contributed by atoms with E-state index in [-0.39, 0.29) is 24.1 Å². The van der Waals surface area contributed by atoms with Crippen LogP contribution in [-0.2, 0) is 11.8 Å². The summed E-state index contributed by atoms with van der Waals surface area (Å²) >= 11 is 0. The quantitative estimate of drug-likeness (QED) is 0.200. The molecule has 2 N–H and O–H groups in total. The van der Waals surface area contributed by atoms with E-state index < -0.39 is 35.7 Å². The lowest BCUT2D eigenvalue weighted by Gasteiger charge is -2.36. The van der Waals surface area contributed by atoms with E-state index >= 15 is 0 Å². The van der Waals surface area contributed by atoms with Gasteiger partial charge in [-0.25, -0.2) is 4.79 Å². The van der Waals surface area contributed by atoms with Crippen molar-refractivity contribution in [3.8, 4) is 11.5 Å². The van der Waals surface area contributed by atoms with Gasteiger partial charge in [0, 0.05) is 17.6 Å². The molecule has 4 aromatic carbocycles. The fraction of sp³-hybridized carbons (Fsp3) is 0.167. The van der Waals surface area contributed by atoms with Gasteiger partial charge in [0.1, 0.15) is 11.5 Å². The second-order valence-electron chi connectivity index (χ2n) is 9.07. The van der Waals surface area contributed by atoms with E-state index in [0.717, 1.165) is 24.3 Å². The smallest absolute Gasteiger partial charge is 0.406 e. The molecule has 0 saturated heterocycles. The number of carbonyl (C=O) groups is 1. The first-order valence-electron chi connectivity index (χ1n) is 12.3. The number of anilines is 1. The second kappa shape index (κ2) is 12.2. The van der Waals surface area contributed by atoms with Crippen LogP contribution in [0.25, 0.3) is 0 Å². The maximum absolute atomic E-state index is 13.1. The summed E-state index contributed by atoms with van der Waals surface area (Å²) in [6.45, 7) is -0.217. The van der Waals surface area contributed by atoms with Crippen LogP contribution in [0.15, 0.2) is 109 Å². The van der Waals surface area contributed by atoms with Gasteiger partial charge in [-0.15, -0.1) is 26.3 Å². The number of benzene rings is 4. The van der Waals surface area contributed by atoms with Crippen LogP contribution in [0.1, 0.15) is 16.7 Å². The molecule has 0 unspecified atom stereocenters. The summed E-state index contributed by atoms with van der Waals surface area (Å²) in [5.74, 6) is -1.05. The molecule has 5 nitrogen and oxygen atoms in total. The van der Waals surface area contributed by atoms with Gasteiger partial charge >= 0.3 is 18.8 Å². The Morgan fingerprint density at radius 2 is 1.12 bits per heavy atom. The Labute approximate surface area is 231 Å². The highest BCUT2D eigenvalue weighted by Crippen LogP contribution is 2.40. The highest BCUT2D eigenvalue weighted by atomic mass is 19.4. The first kappa shape index (κ1) is 29.3. The van der Waals surface area contributed by atoms with Crippen LogP contribution in [0.5, 0.6) is 11.5 Å². The van der Waals surface area contributed by atoms with Gasteiger partial charge in [0.2, 0.25) is 0 Å². The first-order valence-corrected chi connectivity index (χ1v) is 12.3. The van der Waals surface area contributed by atoms with Crippen molar-refractivity contribution in [1.82, 2.24) is 5.32 Å². The number of ether oxygens (including phenoxy) is 2. The predicted octanol–water partition coefficient (Wildman–Crippen LogP) is 7.83. The molecule has 0 bridgehead atoms. The summed E-state index contributed by atoms with van der Waals surface area (Å²) in [6.07, 6.45) is -9.87. The van der Waals surface area contributed by atoms with Crippen LogP contribution >= 0.6 is 0 Å². The largest absolute Gasteiger partial charge is 0.573 e. The molecule has 41 heavy (non-hydrogen) atoms. The molecular formula is C30H24F6N2O3. The van der Waals surface area contributed by atoms with E-state index in [2.05, 4.69) is 20.1 Å². The molecule has 0 fully saturated rings. The standard InChI is InChI=1S/C30H24F6N2O3/c31-29(32,33)40-25-15-7-11-22(17-25)28(19-21-9-3-1-4-10-21,20-37-27(39)38-24-13-5-2-6-14-24)23-12-8-16-26(18-23)41-30(34,35)36/h1-18H,19-20H2,(H2,37,38,39). The normalized spacial score (nSPS) is 12.0. The van der Waals surface area contributed by atoms with Crippen LogP contribution in [0.3, 0.4) is 0 Å². The number of carbonyl (C=O) groups excluding carboxylic acids is 1.